The molecule has 1 heterocycles. The molecule has 0 aromatic carbocycles. The molecule has 1 aromatic rings. The third-order valence-corrected chi connectivity index (χ3v) is 1.66. The van der Waals surface area contributed by atoms with Gasteiger partial charge in [-0.25, -0.2) is 9.18 Å². The number of nitrogens with zero attached hydrogens (tertiary/aromatic N) is 1. The predicted octanol–water partition coefficient (Wildman–Crippen LogP) is 1.41. The van der Waals surface area contributed by atoms with Crippen LogP contribution < -0.4 is 0 Å². The number of hydrogen-bond acceptors (Lipinski definition) is 4. The van der Waals surface area contributed by atoms with E-state index in [2.05, 4.69) is 4.98 Å². The lowest BCUT2D eigenvalue weighted by Gasteiger charge is -2.04. The summed E-state index contributed by atoms with van der Waals surface area (Å²) in [5, 5.41) is 0. The monoisotopic (exact) mass is 213 g/mol. The van der Waals surface area contributed by atoms with E-state index in [0.29, 0.717) is 13.2 Å². The van der Waals surface area contributed by atoms with Crippen molar-refractivity contribution in [2.24, 2.45) is 0 Å². The molecule has 15 heavy (non-hydrogen) atoms. The van der Waals surface area contributed by atoms with Gasteiger partial charge in [0.2, 0.25) is 0 Å². The molecule has 0 saturated heterocycles. The fourth-order valence-electron chi connectivity index (χ4n) is 0.956. The van der Waals surface area contributed by atoms with Gasteiger partial charge in [-0.15, -0.1) is 0 Å². The Morgan fingerprint density at radius 2 is 2.33 bits per heavy atom. The van der Waals surface area contributed by atoms with E-state index in [1.165, 1.54) is 12.3 Å². The van der Waals surface area contributed by atoms with E-state index in [-0.39, 0.29) is 12.2 Å². The first kappa shape index (κ1) is 11.6. The standard InChI is InChI=1S/C10H12FNO3/c1-2-14-5-6-15-10(13)8-3-4-12-7-9(8)11/h3-4,7H,2,5-6H2,1H3. The molecule has 4 nitrogen and oxygen atoms in total. The summed E-state index contributed by atoms with van der Waals surface area (Å²) in [4.78, 5) is 14.8. The van der Waals surface area contributed by atoms with Crippen molar-refractivity contribution in [1.82, 2.24) is 4.98 Å². The predicted molar refractivity (Wildman–Crippen MR) is 51.0 cm³/mol. The van der Waals surface area contributed by atoms with Crippen LogP contribution >= 0.6 is 0 Å². The molecule has 0 spiro atoms. The van der Waals surface area contributed by atoms with Crippen molar-refractivity contribution < 1.29 is 18.7 Å². The van der Waals surface area contributed by atoms with Crippen LogP contribution in [0.25, 0.3) is 0 Å². The number of carbonyl (C=O) groups excluding carboxylic acids is 1. The summed E-state index contributed by atoms with van der Waals surface area (Å²) < 4.78 is 22.8. The van der Waals surface area contributed by atoms with Gasteiger partial charge in [0.05, 0.1) is 18.4 Å². The van der Waals surface area contributed by atoms with Crippen molar-refractivity contribution >= 4 is 5.97 Å². The maximum atomic E-state index is 13.0. The smallest absolute Gasteiger partial charge is 0.341 e. The minimum atomic E-state index is -0.699. The average Bonchev–Trinajstić information content (AvgIpc) is 2.25. The highest BCUT2D eigenvalue weighted by molar-refractivity contribution is 5.89. The highest BCUT2D eigenvalue weighted by atomic mass is 19.1. The Labute approximate surface area is 87.0 Å². The zero-order valence-corrected chi connectivity index (χ0v) is 8.40. The minimum absolute atomic E-state index is 0.110. The number of hydrogen-bond donors (Lipinski definition) is 0. The summed E-state index contributed by atoms with van der Waals surface area (Å²) in [5.74, 6) is -1.38. The topological polar surface area (TPSA) is 48.4 Å². The number of halogens is 1. The SMILES string of the molecule is CCOCCOC(=O)c1ccncc1F. The van der Waals surface area contributed by atoms with Crippen molar-refractivity contribution in [3.8, 4) is 0 Å². The Hall–Kier alpha value is -1.49. The molecule has 0 radical (unpaired) electrons. The molecule has 1 aromatic heterocycles. The summed E-state index contributed by atoms with van der Waals surface area (Å²) in [7, 11) is 0. The average molecular weight is 213 g/mol. The van der Waals surface area contributed by atoms with E-state index in [1.807, 2.05) is 6.92 Å². The van der Waals surface area contributed by atoms with Gasteiger partial charge < -0.3 is 9.47 Å². The van der Waals surface area contributed by atoms with E-state index < -0.39 is 11.8 Å². The molecule has 0 aliphatic carbocycles. The molecule has 0 N–H and O–H groups in total. The lowest BCUT2D eigenvalue weighted by molar-refractivity contribution is 0.0330. The van der Waals surface area contributed by atoms with Crippen molar-refractivity contribution in [2.75, 3.05) is 19.8 Å². The number of esters is 1. The second-order valence-corrected chi connectivity index (χ2v) is 2.69. The van der Waals surface area contributed by atoms with E-state index in [4.69, 9.17) is 9.47 Å². The van der Waals surface area contributed by atoms with Crippen LogP contribution in [0.1, 0.15) is 17.3 Å². The Morgan fingerprint density at radius 3 is 3.00 bits per heavy atom. The normalized spacial score (nSPS) is 10.0. The largest absolute Gasteiger partial charge is 0.460 e. The van der Waals surface area contributed by atoms with Crippen LogP contribution in [0, 0.1) is 5.82 Å². The van der Waals surface area contributed by atoms with E-state index >= 15 is 0 Å². The second kappa shape index (κ2) is 6.08. The molecule has 0 unspecified atom stereocenters. The minimum Gasteiger partial charge on any atom is -0.460 e. The summed E-state index contributed by atoms with van der Waals surface area (Å²) in [6.07, 6.45) is 2.31. The first-order valence-corrected chi connectivity index (χ1v) is 4.60. The molecule has 1 rings (SSSR count). The third-order valence-electron chi connectivity index (χ3n) is 1.66. The van der Waals surface area contributed by atoms with Crippen molar-refractivity contribution in [2.45, 2.75) is 6.92 Å². The molecular formula is C10H12FNO3. The first-order valence-electron chi connectivity index (χ1n) is 4.60. The van der Waals surface area contributed by atoms with Crippen LogP contribution in [-0.2, 0) is 9.47 Å². The summed E-state index contributed by atoms with van der Waals surface area (Å²) in [6, 6.07) is 1.28. The Morgan fingerprint density at radius 1 is 1.53 bits per heavy atom. The van der Waals surface area contributed by atoms with Gasteiger partial charge in [-0.2, -0.15) is 0 Å². The molecule has 0 aliphatic heterocycles. The van der Waals surface area contributed by atoms with Gasteiger partial charge in [-0.3, -0.25) is 4.98 Å². The highest BCUT2D eigenvalue weighted by Gasteiger charge is 2.11. The zero-order chi connectivity index (χ0) is 11.1. The molecule has 0 saturated carbocycles. The molecule has 5 heteroatoms. The Kier molecular flexibility index (Phi) is 4.70. The van der Waals surface area contributed by atoms with Gasteiger partial charge in [0, 0.05) is 12.8 Å². The molecule has 0 atom stereocenters. The van der Waals surface area contributed by atoms with Crippen LogP contribution in [0.4, 0.5) is 4.39 Å². The molecule has 82 valence electrons. The van der Waals surface area contributed by atoms with Gasteiger partial charge in [0.25, 0.3) is 0 Å². The van der Waals surface area contributed by atoms with E-state index in [9.17, 15) is 9.18 Å². The molecular weight excluding hydrogens is 201 g/mol. The molecule has 0 bridgehead atoms. The summed E-state index contributed by atoms with van der Waals surface area (Å²) in [6.45, 7) is 2.83. The summed E-state index contributed by atoms with van der Waals surface area (Å²) >= 11 is 0. The van der Waals surface area contributed by atoms with Gasteiger partial charge in [-0.1, -0.05) is 0 Å². The molecule has 0 aliphatic rings. The van der Waals surface area contributed by atoms with Crippen LogP contribution in [0.15, 0.2) is 18.5 Å². The Bertz CT molecular complexity index is 330. The van der Waals surface area contributed by atoms with Crippen molar-refractivity contribution in [3.05, 3.63) is 29.8 Å². The number of aromatic nitrogens is 1. The van der Waals surface area contributed by atoms with E-state index in [0.717, 1.165) is 6.20 Å². The molecule has 0 fully saturated rings. The first-order chi connectivity index (χ1) is 7.25. The van der Waals surface area contributed by atoms with Crippen LogP contribution in [-0.4, -0.2) is 30.8 Å². The molecule has 0 amide bonds. The van der Waals surface area contributed by atoms with Gasteiger partial charge >= 0.3 is 5.97 Å². The quantitative estimate of drug-likeness (QED) is 0.548. The van der Waals surface area contributed by atoms with Gasteiger partial charge in [0.15, 0.2) is 5.82 Å². The number of ether oxygens (including phenoxy) is 2. The maximum absolute atomic E-state index is 13.0. The van der Waals surface area contributed by atoms with Crippen LogP contribution in [0.5, 0.6) is 0 Å². The van der Waals surface area contributed by atoms with Crippen LogP contribution in [0.3, 0.4) is 0 Å². The fraction of sp³-hybridized carbons (Fsp3) is 0.400. The maximum Gasteiger partial charge on any atom is 0.341 e. The third kappa shape index (κ3) is 3.63. The van der Waals surface area contributed by atoms with Crippen molar-refractivity contribution in [1.29, 1.82) is 0 Å². The van der Waals surface area contributed by atoms with Gasteiger partial charge in [-0.05, 0) is 13.0 Å². The lowest BCUT2D eigenvalue weighted by Crippen LogP contribution is -2.12. The van der Waals surface area contributed by atoms with Gasteiger partial charge in [0.1, 0.15) is 6.61 Å². The lowest BCUT2D eigenvalue weighted by atomic mass is 10.2. The van der Waals surface area contributed by atoms with E-state index in [1.54, 1.807) is 0 Å². The number of carbonyl (C=O) groups is 1. The number of rotatable bonds is 5. The summed E-state index contributed by atoms with van der Waals surface area (Å²) in [5.41, 5.74) is -0.110. The van der Waals surface area contributed by atoms with Crippen LogP contribution in [0.2, 0.25) is 0 Å². The fourth-order valence-corrected chi connectivity index (χ4v) is 0.956. The highest BCUT2D eigenvalue weighted by Crippen LogP contribution is 2.05. The zero-order valence-electron chi connectivity index (χ0n) is 8.40. The Balaban J connectivity index is 2.44. The second-order valence-electron chi connectivity index (χ2n) is 2.69. The number of pyridine rings is 1. The van der Waals surface area contributed by atoms with Crippen molar-refractivity contribution in [3.63, 3.8) is 0 Å².